The highest BCUT2D eigenvalue weighted by Gasteiger charge is 2.07. The van der Waals surface area contributed by atoms with Gasteiger partial charge in [-0.1, -0.05) is 96.0 Å². The maximum absolute atomic E-state index is 6.42. The summed E-state index contributed by atoms with van der Waals surface area (Å²) >= 11 is 12.6. The van der Waals surface area contributed by atoms with Crippen molar-refractivity contribution in [1.82, 2.24) is 0 Å². The third kappa shape index (κ3) is 3.24. The summed E-state index contributed by atoms with van der Waals surface area (Å²) in [5.74, 6) is 0. The summed E-state index contributed by atoms with van der Waals surface area (Å²) in [6.45, 7) is 0. The summed E-state index contributed by atoms with van der Waals surface area (Å²) < 4.78 is 0. The normalized spacial score (nSPS) is 11.0. The quantitative estimate of drug-likeness (QED) is 0.463. The molecule has 0 nitrogen and oxygen atoms in total. The Bertz CT molecular complexity index is 805. The molecule has 0 aliphatic rings. The van der Waals surface area contributed by atoms with Crippen molar-refractivity contribution in [1.29, 1.82) is 0 Å². The fourth-order valence-corrected chi connectivity index (χ4v) is 2.87. The van der Waals surface area contributed by atoms with Crippen LogP contribution in [0.4, 0.5) is 0 Å². The van der Waals surface area contributed by atoms with Crippen LogP contribution in [0.25, 0.3) is 23.3 Å². The van der Waals surface area contributed by atoms with Crippen molar-refractivity contribution in [2.24, 2.45) is 0 Å². The lowest BCUT2D eigenvalue weighted by molar-refractivity contribution is 1.59. The molecule has 0 aliphatic carbocycles. The first-order chi connectivity index (χ1) is 10.8. The van der Waals surface area contributed by atoms with Crippen LogP contribution in [0.5, 0.6) is 0 Å². The second kappa shape index (κ2) is 6.83. The van der Waals surface area contributed by atoms with Crippen LogP contribution < -0.4 is 0 Å². The zero-order chi connectivity index (χ0) is 15.4. The Labute approximate surface area is 140 Å². The van der Waals surface area contributed by atoms with Gasteiger partial charge in [0, 0.05) is 15.6 Å². The summed E-state index contributed by atoms with van der Waals surface area (Å²) in [5, 5.41) is 1.48. The average Bonchev–Trinajstić information content (AvgIpc) is 2.55. The lowest BCUT2D eigenvalue weighted by atomic mass is 9.99. The maximum Gasteiger partial charge on any atom is 0.0490 e. The Hall–Kier alpha value is -2.02. The Balaban J connectivity index is 2.05. The van der Waals surface area contributed by atoms with E-state index in [1.165, 1.54) is 0 Å². The van der Waals surface area contributed by atoms with Crippen molar-refractivity contribution < 1.29 is 0 Å². The van der Waals surface area contributed by atoms with E-state index < -0.39 is 0 Å². The molecule has 0 atom stereocenters. The van der Waals surface area contributed by atoms with Crippen LogP contribution in [0.15, 0.2) is 72.8 Å². The molecule has 0 spiro atoms. The predicted octanol–water partition coefficient (Wildman–Crippen LogP) is 6.83. The van der Waals surface area contributed by atoms with E-state index in [1.54, 1.807) is 0 Å². The lowest BCUT2D eigenvalue weighted by Crippen LogP contribution is -1.85. The van der Waals surface area contributed by atoms with Gasteiger partial charge in [-0.3, -0.25) is 0 Å². The largest absolute Gasteiger partial charge is 0.0837 e. The zero-order valence-corrected chi connectivity index (χ0v) is 13.4. The second-order valence-corrected chi connectivity index (χ2v) is 5.74. The Morgan fingerprint density at radius 2 is 1.14 bits per heavy atom. The van der Waals surface area contributed by atoms with Crippen molar-refractivity contribution >= 4 is 35.4 Å². The minimum atomic E-state index is 0.738. The first-order valence-electron chi connectivity index (χ1n) is 7.02. The van der Waals surface area contributed by atoms with Gasteiger partial charge in [0.25, 0.3) is 0 Å². The second-order valence-electron chi connectivity index (χ2n) is 4.92. The minimum absolute atomic E-state index is 0.738. The van der Waals surface area contributed by atoms with Gasteiger partial charge in [-0.2, -0.15) is 0 Å². The van der Waals surface area contributed by atoms with Gasteiger partial charge < -0.3 is 0 Å². The van der Waals surface area contributed by atoms with E-state index in [9.17, 15) is 0 Å². The van der Waals surface area contributed by atoms with Crippen LogP contribution in [0.3, 0.4) is 0 Å². The summed E-state index contributed by atoms with van der Waals surface area (Å²) in [7, 11) is 0. The van der Waals surface area contributed by atoms with Gasteiger partial charge in [-0.25, -0.2) is 0 Å². The van der Waals surface area contributed by atoms with E-state index in [2.05, 4.69) is 24.3 Å². The van der Waals surface area contributed by atoms with Gasteiger partial charge in [0.15, 0.2) is 0 Å². The summed E-state index contributed by atoms with van der Waals surface area (Å²) in [6, 6.07) is 23.9. The molecule has 0 fully saturated rings. The van der Waals surface area contributed by atoms with Crippen LogP contribution in [0.1, 0.15) is 11.1 Å². The SMILES string of the molecule is Clc1ccccc1/C=C/c1cccc(Cl)c1-c1ccccc1. The minimum Gasteiger partial charge on any atom is -0.0837 e. The molecule has 0 heterocycles. The van der Waals surface area contributed by atoms with E-state index in [4.69, 9.17) is 23.2 Å². The molecule has 0 saturated heterocycles. The molecule has 108 valence electrons. The number of rotatable bonds is 3. The monoisotopic (exact) mass is 324 g/mol. The van der Waals surface area contributed by atoms with Crippen LogP contribution in [0.2, 0.25) is 10.0 Å². The van der Waals surface area contributed by atoms with Gasteiger partial charge in [-0.15, -0.1) is 0 Å². The van der Waals surface area contributed by atoms with Gasteiger partial charge in [0.2, 0.25) is 0 Å². The first-order valence-corrected chi connectivity index (χ1v) is 7.78. The average molecular weight is 325 g/mol. The fraction of sp³-hybridized carbons (Fsp3) is 0. The summed E-state index contributed by atoms with van der Waals surface area (Å²) in [5.41, 5.74) is 4.20. The Morgan fingerprint density at radius 3 is 1.91 bits per heavy atom. The third-order valence-electron chi connectivity index (χ3n) is 3.46. The molecule has 0 aromatic heterocycles. The van der Waals surface area contributed by atoms with Gasteiger partial charge >= 0.3 is 0 Å². The maximum atomic E-state index is 6.42. The zero-order valence-electron chi connectivity index (χ0n) is 11.8. The summed E-state index contributed by atoms with van der Waals surface area (Å²) in [6.07, 6.45) is 4.07. The third-order valence-corrected chi connectivity index (χ3v) is 4.12. The molecule has 22 heavy (non-hydrogen) atoms. The first kappa shape index (κ1) is 14.9. The van der Waals surface area contributed by atoms with Crippen LogP contribution in [-0.2, 0) is 0 Å². The van der Waals surface area contributed by atoms with Gasteiger partial charge in [0.1, 0.15) is 0 Å². The predicted molar refractivity (Wildman–Crippen MR) is 97.3 cm³/mol. The Kier molecular flexibility index (Phi) is 4.62. The highest BCUT2D eigenvalue weighted by atomic mass is 35.5. The highest BCUT2D eigenvalue weighted by Crippen LogP contribution is 2.32. The molecule has 0 unspecified atom stereocenters. The van der Waals surface area contributed by atoms with Crippen LogP contribution in [-0.4, -0.2) is 0 Å². The molecule has 0 radical (unpaired) electrons. The van der Waals surface area contributed by atoms with Crippen molar-refractivity contribution in [3.05, 3.63) is 94.0 Å². The Morgan fingerprint density at radius 1 is 0.545 bits per heavy atom. The molecule has 0 N–H and O–H groups in total. The van der Waals surface area contributed by atoms with E-state index in [1.807, 2.05) is 60.7 Å². The molecule has 0 aliphatic heterocycles. The van der Waals surface area contributed by atoms with Crippen LogP contribution >= 0.6 is 23.2 Å². The number of halogens is 2. The van der Waals surface area contributed by atoms with Crippen molar-refractivity contribution in [2.45, 2.75) is 0 Å². The number of hydrogen-bond acceptors (Lipinski definition) is 0. The highest BCUT2D eigenvalue weighted by molar-refractivity contribution is 6.34. The van der Waals surface area contributed by atoms with E-state index in [0.717, 1.165) is 32.3 Å². The van der Waals surface area contributed by atoms with Gasteiger partial charge in [-0.05, 0) is 28.8 Å². The van der Waals surface area contributed by atoms with Crippen molar-refractivity contribution in [2.75, 3.05) is 0 Å². The standard InChI is InChI=1S/C20H14Cl2/c21-18-11-5-4-7-15(18)13-14-17-10-6-12-19(22)20(17)16-8-2-1-3-9-16/h1-14H/b14-13+. The van der Waals surface area contributed by atoms with Gasteiger partial charge in [0.05, 0.1) is 0 Å². The van der Waals surface area contributed by atoms with E-state index in [-0.39, 0.29) is 0 Å². The summed E-state index contributed by atoms with van der Waals surface area (Å²) in [4.78, 5) is 0. The van der Waals surface area contributed by atoms with Crippen LogP contribution in [0, 0.1) is 0 Å². The number of benzene rings is 3. The molecule has 0 saturated carbocycles. The number of hydrogen-bond donors (Lipinski definition) is 0. The van der Waals surface area contributed by atoms with E-state index >= 15 is 0 Å². The molecule has 0 amide bonds. The van der Waals surface area contributed by atoms with E-state index in [0.29, 0.717) is 0 Å². The van der Waals surface area contributed by atoms with Crippen molar-refractivity contribution in [3.63, 3.8) is 0 Å². The molecule has 3 aromatic rings. The van der Waals surface area contributed by atoms with Crippen molar-refractivity contribution in [3.8, 4) is 11.1 Å². The molecular formula is C20H14Cl2. The lowest BCUT2D eigenvalue weighted by Gasteiger charge is -2.09. The molecule has 2 heteroatoms. The topological polar surface area (TPSA) is 0 Å². The fourth-order valence-electron chi connectivity index (χ4n) is 2.38. The molecule has 0 bridgehead atoms. The molecule has 3 rings (SSSR count). The smallest absolute Gasteiger partial charge is 0.0490 e. The molecule has 3 aromatic carbocycles. The molecular weight excluding hydrogens is 311 g/mol.